The Morgan fingerprint density at radius 3 is 2.52 bits per heavy atom. The third kappa shape index (κ3) is 4.06. The number of carboxylic acid groups (broad SMARTS) is 1. The smallest absolute Gasteiger partial charge is 0.311 e. The molecule has 7 heteroatoms. The van der Waals surface area contributed by atoms with Gasteiger partial charge in [0.1, 0.15) is 12.2 Å². The molecule has 3 N–H and O–H groups in total. The van der Waals surface area contributed by atoms with Gasteiger partial charge in [0.15, 0.2) is 0 Å². The number of anilines is 2. The first-order valence-corrected chi connectivity index (χ1v) is 7.95. The molecule has 1 aromatic heterocycles. The minimum Gasteiger partial charge on any atom is -0.481 e. The highest BCUT2D eigenvalue weighted by Gasteiger charge is 2.29. The summed E-state index contributed by atoms with van der Waals surface area (Å²) >= 11 is 0. The van der Waals surface area contributed by atoms with Crippen molar-refractivity contribution >= 4 is 29.2 Å². The van der Waals surface area contributed by atoms with Crippen LogP contribution in [0.4, 0.5) is 11.4 Å². The van der Waals surface area contributed by atoms with E-state index in [9.17, 15) is 14.4 Å². The molecule has 2 amide bonds. The molecule has 25 heavy (non-hydrogen) atoms. The maximum absolute atomic E-state index is 12.5. The molecule has 7 nitrogen and oxygen atoms in total. The summed E-state index contributed by atoms with van der Waals surface area (Å²) in [7, 11) is 0. The normalized spacial score (nSPS) is 13.3. The highest BCUT2D eigenvalue weighted by atomic mass is 16.4. The fourth-order valence-electron chi connectivity index (χ4n) is 2.53. The minimum atomic E-state index is -1.08. The molecule has 0 atom stereocenters. The van der Waals surface area contributed by atoms with Crippen LogP contribution in [0.15, 0.2) is 34.9 Å². The first-order valence-electron chi connectivity index (χ1n) is 7.95. The minimum absolute atomic E-state index is 0.0158. The van der Waals surface area contributed by atoms with Gasteiger partial charge in [-0.15, -0.1) is 0 Å². The van der Waals surface area contributed by atoms with Crippen molar-refractivity contribution < 1.29 is 23.9 Å². The highest BCUT2D eigenvalue weighted by molar-refractivity contribution is 6.06. The van der Waals surface area contributed by atoms with Crippen molar-refractivity contribution in [3.63, 3.8) is 0 Å². The molecule has 1 aliphatic rings. The molecule has 0 aliphatic heterocycles. The molecule has 1 saturated carbocycles. The second-order valence-corrected chi connectivity index (χ2v) is 6.09. The standard InChI is InChI=1S/C18H18N2O5/c1-10-9-25-14(8-15(21)22)16(10)18(24)20-13-4-2-3-12(7-13)19-17(23)11-5-6-11/h2-4,7,9,11H,5-6,8H2,1H3,(H,19,23)(H,20,24)(H,21,22). The Balaban J connectivity index is 1.74. The zero-order valence-electron chi connectivity index (χ0n) is 13.7. The highest BCUT2D eigenvalue weighted by Crippen LogP contribution is 2.30. The van der Waals surface area contributed by atoms with E-state index in [0.29, 0.717) is 16.9 Å². The van der Waals surface area contributed by atoms with E-state index in [1.165, 1.54) is 6.26 Å². The van der Waals surface area contributed by atoms with Crippen LogP contribution in [-0.2, 0) is 16.0 Å². The van der Waals surface area contributed by atoms with Gasteiger partial charge in [-0.25, -0.2) is 0 Å². The zero-order chi connectivity index (χ0) is 18.0. The predicted octanol–water partition coefficient (Wildman–Crippen LogP) is 2.82. The molecule has 130 valence electrons. The van der Waals surface area contributed by atoms with Crippen molar-refractivity contribution in [1.29, 1.82) is 0 Å². The first-order chi connectivity index (χ1) is 11.9. The molecule has 1 fully saturated rings. The van der Waals surface area contributed by atoms with Gasteiger partial charge in [0.25, 0.3) is 5.91 Å². The molecule has 3 rings (SSSR count). The molecular weight excluding hydrogens is 324 g/mol. The van der Waals surface area contributed by atoms with Crippen molar-refractivity contribution in [2.45, 2.75) is 26.2 Å². The molecule has 0 bridgehead atoms. The Morgan fingerprint density at radius 1 is 1.20 bits per heavy atom. The zero-order valence-corrected chi connectivity index (χ0v) is 13.7. The van der Waals surface area contributed by atoms with Crippen molar-refractivity contribution in [3.05, 3.63) is 47.4 Å². The van der Waals surface area contributed by atoms with Crippen LogP contribution in [-0.4, -0.2) is 22.9 Å². The summed E-state index contributed by atoms with van der Waals surface area (Å²) in [5.41, 5.74) is 1.88. The molecule has 0 saturated heterocycles. The van der Waals surface area contributed by atoms with Crippen LogP contribution in [0.5, 0.6) is 0 Å². The number of carbonyl (C=O) groups is 3. The van der Waals surface area contributed by atoms with Gasteiger partial charge >= 0.3 is 5.97 Å². The number of hydrogen-bond acceptors (Lipinski definition) is 4. The quantitative estimate of drug-likeness (QED) is 0.748. The van der Waals surface area contributed by atoms with Crippen LogP contribution >= 0.6 is 0 Å². The summed E-state index contributed by atoms with van der Waals surface area (Å²) in [6, 6.07) is 6.81. The van der Waals surface area contributed by atoms with E-state index in [2.05, 4.69) is 10.6 Å². The van der Waals surface area contributed by atoms with E-state index in [1.807, 2.05) is 0 Å². The van der Waals surface area contributed by atoms with Gasteiger partial charge in [0.05, 0.1) is 11.8 Å². The third-order valence-electron chi connectivity index (χ3n) is 3.93. The van der Waals surface area contributed by atoms with Crippen molar-refractivity contribution in [3.8, 4) is 0 Å². The summed E-state index contributed by atoms with van der Waals surface area (Å²) in [5.74, 6) is -1.34. The summed E-state index contributed by atoms with van der Waals surface area (Å²) in [6.45, 7) is 1.68. The van der Waals surface area contributed by atoms with Gasteiger partial charge in [-0.1, -0.05) is 6.07 Å². The maximum atomic E-state index is 12.5. The average molecular weight is 342 g/mol. The van der Waals surface area contributed by atoms with Crippen molar-refractivity contribution in [2.24, 2.45) is 5.92 Å². The van der Waals surface area contributed by atoms with Crippen molar-refractivity contribution in [1.82, 2.24) is 0 Å². The Morgan fingerprint density at radius 2 is 1.88 bits per heavy atom. The molecule has 0 radical (unpaired) electrons. The summed E-state index contributed by atoms with van der Waals surface area (Å²) in [4.78, 5) is 35.2. The number of rotatable bonds is 6. The van der Waals surface area contributed by atoms with Gasteiger partial charge in [0, 0.05) is 22.9 Å². The molecule has 0 unspecified atom stereocenters. The van der Waals surface area contributed by atoms with E-state index >= 15 is 0 Å². The third-order valence-corrected chi connectivity index (χ3v) is 3.93. The fourth-order valence-corrected chi connectivity index (χ4v) is 2.53. The fraction of sp³-hybridized carbons (Fsp3) is 0.278. The molecule has 0 spiro atoms. The lowest BCUT2D eigenvalue weighted by molar-refractivity contribution is -0.136. The van der Waals surface area contributed by atoms with Crippen LogP contribution < -0.4 is 10.6 Å². The van der Waals surface area contributed by atoms with E-state index in [0.717, 1.165) is 12.8 Å². The molecule has 2 aromatic rings. The summed E-state index contributed by atoms with van der Waals surface area (Å²) in [6.07, 6.45) is 2.82. The monoisotopic (exact) mass is 342 g/mol. The van der Waals surface area contributed by atoms with E-state index in [1.54, 1.807) is 31.2 Å². The number of amides is 2. The van der Waals surface area contributed by atoms with Crippen LogP contribution in [0.25, 0.3) is 0 Å². The summed E-state index contributed by atoms with van der Waals surface area (Å²) < 4.78 is 5.18. The van der Waals surface area contributed by atoms with Gasteiger partial charge in [-0.2, -0.15) is 0 Å². The maximum Gasteiger partial charge on any atom is 0.311 e. The number of carbonyl (C=O) groups excluding carboxylic acids is 2. The van der Waals surface area contributed by atoms with Crippen LogP contribution in [0, 0.1) is 12.8 Å². The first kappa shape index (κ1) is 16.8. The second-order valence-electron chi connectivity index (χ2n) is 6.09. The Bertz CT molecular complexity index is 836. The number of carboxylic acids is 1. The largest absolute Gasteiger partial charge is 0.481 e. The molecule has 1 aliphatic carbocycles. The molecule has 1 aromatic carbocycles. The second kappa shape index (κ2) is 6.80. The van der Waals surface area contributed by atoms with Gasteiger partial charge in [0.2, 0.25) is 5.91 Å². The Labute approximate surface area is 144 Å². The van der Waals surface area contributed by atoms with Gasteiger partial charge < -0.3 is 20.2 Å². The number of benzene rings is 1. The predicted molar refractivity (Wildman–Crippen MR) is 90.5 cm³/mol. The lowest BCUT2D eigenvalue weighted by Gasteiger charge is -2.09. The topological polar surface area (TPSA) is 109 Å². The van der Waals surface area contributed by atoms with Crippen LogP contribution in [0.2, 0.25) is 0 Å². The lowest BCUT2D eigenvalue weighted by atomic mass is 10.1. The van der Waals surface area contributed by atoms with Crippen molar-refractivity contribution in [2.75, 3.05) is 10.6 Å². The lowest BCUT2D eigenvalue weighted by Crippen LogP contribution is -2.16. The molecule has 1 heterocycles. The summed E-state index contributed by atoms with van der Waals surface area (Å²) in [5, 5.41) is 14.4. The van der Waals surface area contributed by atoms with Gasteiger partial charge in [-0.3, -0.25) is 14.4 Å². The van der Waals surface area contributed by atoms with E-state index in [4.69, 9.17) is 9.52 Å². The van der Waals surface area contributed by atoms with Gasteiger partial charge in [-0.05, 0) is 38.0 Å². The number of aliphatic carboxylic acids is 1. The van der Waals surface area contributed by atoms with Crippen LogP contribution in [0.3, 0.4) is 0 Å². The Hall–Kier alpha value is -3.09. The van der Waals surface area contributed by atoms with Crippen LogP contribution in [0.1, 0.15) is 34.5 Å². The SMILES string of the molecule is Cc1coc(CC(=O)O)c1C(=O)Nc1cccc(NC(=O)C2CC2)c1. The molecular formula is C18H18N2O5. The number of nitrogens with one attached hydrogen (secondary N) is 2. The van der Waals surface area contributed by atoms with E-state index < -0.39 is 11.9 Å². The van der Waals surface area contributed by atoms with E-state index in [-0.39, 0.29) is 29.6 Å². The number of aryl methyl sites for hydroxylation is 1. The number of hydrogen-bond donors (Lipinski definition) is 3. The average Bonchev–Trinajstić information content (AvgIpc) is 3.32. The number of furan rings is 1. The Kier molecular flexibility index (Phi) is 4.56.